The van der Waals surface area contributed by atoms with E-state index in [-0.39, 0.29) is 17.7 Å². The van der Waals surface area contributed by atoms with E-state index in [1.807, 2.05) is 24.3 Å². The Bertz CT molecular complexity index is 975. The van der Waals surface area contributed by atoms with Crippen molar-refractivity contribution in [2.24, 2.45) is 11.8 Å². The molecule has 3 nitrogen and oxygen atoms in total. The Balaban J connectivity index is 1.36. The van der Waals surface area contributed by atoms with Crippen molar-refractivity contribution in [3.05, 3.63) is 65.0 Å². The summed E-state index contributed by atoms with van der Waals surface area (Å²) in [6.45, 7) is 3.82. The predicted octanol–water partition coefficient (Wildman–Crippen LogP) is 7.05. The second-order valence-corrected chi connectivity index (χ2v) is 10.0. The quantitative estimate of drug-likeness (QED) is 0.440. The largest absolute Gasteiger partial charge is 0.493 e. The molecule has 2 atom stereocenters. The maximum absolute atomic E-state index is 15.0. The molecule has 0 radical (unpaired) electrons. The average Bonchev–Trinajstić information content (AvgIpc) is 3.63. The van der Waals surface area contributed by atoms with Crippen molar-refractivity contribution in [3.63, 3.8) is 0 Å². The predicted molar refractivity (Wildman–Crippen MR) is 125 cm³/mol. The van der Waals surface area contributed by atoms with Crippen LogP contribution < -0.4 is 4.74 Å². The number of ether oxygens (including phenoxy) is 1. The first-order valence-electron chi connectivity index (χ1n) is 12.2. The first-order valence-corrected chi connectivity index (χ1v) is 12.2. The number of rotatable bonds is 9. The molecule has 2 unspecified atom stereocenters. The molecule has 2 aromatic carbocycles. The summed E-state index contributed by atoms with van der Waals surface area (Å²) in [5.41, 5.74) is 0.411. The van der Waals surface area contributed by atoms with Gasteiger partial charge in [0.2, 0.25) is 5.67 Å². The van der Waals surface area contributed by atoms with Crippen LogP contribution in [0.2, 0.25) is 0 Å². The zero-order chi connectivity index (χ0) is 23.6. The van der Waals surface area contributed by atoms with Crippen LogP contribution in [0.3, 0.4) is 0 Å². The van der Waals surface area contributed by atoms with Gasteiger partial charge in [-0.05, 0) is 105 Å². The van der Waals surface area contributed by atoms with E-state index in [0.717, 1.165) is 50.5 Å². The van der Waals surface area contributed by atoms with Crippen LogP contribution in [-0.2, 0) is 11.2 Å². The maximum atomic E-state index is 15.0. The van der Waals surface area contributed by atoms with Crippen LogP contribution in [0.25, 0.3) is 0 Å². The van der Waals surface area contributed by atoms with Crippen molar-refractivity contribution in [1.29, 1.82) is 0 Å². The third-order valence-electron chi connectivity index (χ3n) is 7.55. The van der Waals surface area contributed by atoms with E-state index < -0.39 is 17.6 Å². The second-order valence-electron chi connectivity index (χ2n) is 10.0. The van der Waals surface area contributed by atoms with E-state index in [4.69, 9.17) is 4.74 Å². The zero-order valence-corrected chi connectivity index (χ0v) is 19.5. The number of hydrogen-bond donors (Lipinski definition) is 1. The van der Waals surface area contributed by atoms with Gasteiger partial charge in [-0.25, -0.2) is 13.6 Å². The standard InChI is InChI=1S/C28H34F2O3/c1-3-18-9-14-25(29)24(15-18)20-10-7-19(8-11-20)17-33-23-6-4-5-22(16-23)26(21-12-13-21)28(2,30)27(31)32/h4-6,9,14-16,19-21,26H,3,7-8,10-13,17H2,1-2H3,(H,31,32). The number of aliphatic carboxylic acids is 1. The molecule has 2 saturated carbocycles. The summed E-state index contributed by atoms with van der Waals surface area (Å²) in [6.07, 6.45) is 6.46. The van der Waals surface area contributed by atoms with Gasteiger partial charge >= 0.3 is 5.97 Å². The molecule has 5 heteroatoms. The third-order valence-corrected chi connectivity index (χ3v) is 7.55. The van der Waals surface area contributed by atoms with Gasteiger partial charge in [0.1, 0.15) is 11.6 Å². The first kappa shape index (κ1) is 23.7. The highest BCUT2D eigenvalue weighted by Gasteiger charge is 2.50. The smallest absolute Gasteiger partial charge is 0.341 e. The summed E-state index contributed by atoms with van der Waals surface area (Å²) in [7, 11) is 0. The van der Waals surface area contributed by atoms with Gasteiger partial charge in [0.05, 0.1) is 6.61 Å². The minimum Gasteiger partial charge on any atom is -0.493 e. The lowest BCUT2D eigenvalue weighted by Crippen LogP contribution is -2.38. The molecule has 2 aliphatic carbocycles. The van der Waals surface area contributed by atoms with Crippen LogP contribution in [0, 0.1) is 17.7 Å². The Kier molecular flexibility index (Phi) is 7.06. The molecule has 2 fully saturated rings. The van der Waals surface area contributed by atoms with Crippen LogP contribution in [0.1, 0.15) is 80.9 Å². The van der Waals surface area contributed by atoms with Crippen LogP contribution in [0.15, 0.2) is 42.5 Å². The van der Waals surface area contributed by atoms with E-state index in [1.165, 1.54) is 12.5 Å². The Hall–Kier alpha value is -2.43. The highest BCUT2D eigenvalue weighted by atomic mass is 19.1. The van der Waals surface area contributed by atoms with Crippen molar-refractivity contribution in [2.45, 2.75) is 76.3 Å². The number of halogens is 2. The van der Waals surface area contributed by atoms with Gasteiger partial charge < -0.3 is 9.84 Å². The van der Waals surface area contributed by atoms with Crippen LogP contribution >= 0.6 is 0 Å². The molecular weight excluding hydrogens is 422 g/mol. The highest BCUT2D eigenvalue weighted by Crippen LogP contribution is 2.50. The highest BCUT2D eigenvalue weighted by molar-refractivity contribution is 5.78. The molecular formula is C28H34F2O3. The number of aryl methyl sites for hydroxylation is 1. The summed E-state index contributed by atoms with van der Waals surface area (Å²) in [4.78, 5) is 11.5. The fraction of sp³-hybridized carbons (Fsp3) is 0.536. The lowest BCUT2D eigenvalue weighted by Gasteiger charge is -2.30. The van der Waals surface area contributed by atoms with Gasteiger partial charge in [0.15, 0.2) is 0 Å². The molecule has 33 heavy (non-hydrogen) atoms. The lowest BCUT2D eigenvalue weighted by atomic mass is 9.78. The maximum Gasteiger partial charge on any atom is 0.341 e. The molecule has 178 valence electrons. The van der Waals surface area contributed by atoms with E-state index >= 15 is 4.39 Å². The summed E-state index contributed by atoms with van der Waals surface area (Å²) in [6, 6.07) is 12.8. The van der Waals surface area contributed by atoms with Crippen LogP contribution in [-0.4, -0.2) is 23.4 Å². The number of carbonyl (C=O) groups is 1. The van der Waals surface area contributed by atoms with Crippen LogP contribution in [0.5, 0.6) is 5.75 Å². The van der Waals surface area contributed by atoms with E-state index in [2.05, 4.69) is 6.92 Å². The zero-order valence-electron chi connectivity index (χ0n) is 19.5. The summed E-state index contributed by atoms with van der Waals surface area (Å²) < 4.78 is 35.5. The fourth-order valence-electron chi connectivity index (χ4n) is 5.37. The molecule has 1 N–H and O–H groups in total. The molecule has 2 aliphatic rings. The number of hydrogen-bond acceptors (Lipinski definition) is 2. The van der Waals surface area contributed by atoms with Crippen molar-refractivity contribution < 1.29 is 23.4 Å². The molecule has 0 aliphatic heterocycles. The van der Waals surface area contributed by atoms with Gasteiger partial charge in [0, 0.05) is 5.92 Å². The van der Waals surface area contributed by atoms with Gasteiger partial charge in [-0.2, -0.15) is 0 Å². The average molecular weight is 457 g/mol. The van der Waals surface area contributed by atoms with Gasteiger partial charge in [-0.1, -0.05) is 31.2 Å². The summed E-state index contributed by atoms with van der Waals surface area (Å²) in [5.74, 6) is -0.807. The topological polar surface area (TPSA) is 46.5 Å². The minimum atomic E-state index is -2.30. The fourth-order valence-corrected chi connectivity index (χ4v) is 5.37. The van der Waals surface area contributed by atoms with E-state index in [9.17, 15) is 14.3 Å². The molecule has 0 amide bonds. The Morgan fingerprint density at radius 3 is 2.48 bits per heavy atom. The van der Waals surface area contributed by atoms with Gasteiger partial charge in [-0.3, -0.25) is 0 Å². The number of alkyl halides is 1. The SMILES string of the molecule is CCc1ccc(F)c(C2CCC(COc3cccc(C(C4CC4)C(C)(F)C(=O)O)c3)CC2)c1. The molecule has 0 saturated heterocycles. The Morgan fingerprint density at radius 1 is 1.12 bits per heavy atom. The Labute approximate surface area is 195 Å². The molecule has 0 bridgehead atoms. The minimum absolute atomic E-state index is 0.0632. The van der Waals surface area contributed by atoms with Gasteiger partial charge in [-0.15, -0.1) is 0 Å². The molecule has 4 rings (SSSR count). The number of carboxylic acid groups (broad SMARTS) is 1. The summed E-state index contributed by atoms with van der Waals surface area (Å²) >= 11 is 0. The monoisotopic (exact) mass is 456 g/mol. The second kappa shape index (κ2) is 9.82. The van der Waals surface area contributed by atoms with E-state index in [1.54, 1.807) is 18.2 Å². The Morgan fingerprint density at radius 2 is 1.85 bits per heavy atom. The van der Waals surface area contributed by atoms with Gasteiger partial charge in [0.25, 0.3) is 0 Å². The van der Waals surface area contributed by atoms with E-state index in [0.29, 0.717) is 23.8 Å². The molecule has 2 aromatic rings. The molecule has 0 heterocycles. The van der Waals surface area contributed by atoms with Crippen molar-refractivity contribution in [1.82, 2.24) is 0 Å². The first-order chi connectivity index (χ1) is 15.8. The molecule has 0 spiro atoms. The number of carboxylic acids is 1. The summed E-state index contributed by atoms with van der Waals surface area (Å²) in [5, 5.41) is 9.41. The van der Waals surface area contributed by atoms with Crippen molar-refractivity contribution in [2.75, 3.05) is 6.61 Å². The van der Waals surface area contributed by atoms with Crippen molar-refractivity contribution in [3.8, 4) is 5.75 Å². The molecule has 0 aromatic heterocycles. The third kappa shape index (κ3) is 5.39. The van der Waals surface area contributed by atoms with Crippen LogP contribution in [0.4, 0.5) is 8.78 Å². The lowest BCUT2D eigenvalue weighted by molar-refractivity contribution is -0.151. The normalized spacial score (nSPS) is 23.5. The van der Waals surface area contributed by atoms with Crippen molar-refractivity contribution >= 4 is 5.97 Å². The number of benzene rings is 2.